The van der Waals surface area contributed by atoms with E-state index in [0.717, 1.165) is 25.5 Å². The molecule has 0 aliphatic carbocycles. The Morgan fingerprint density at radius 3 is 2.67 bits per heavy atom. The average molecular weight is 331 g/mol. The van der Waals surface area contributed by atoms with Gasteiger partial charge in [-0.2, -0.15) is 0 Å². The monoisotopic (exact) mass is 331 g/mol. The Hall–Kier alpha value is -2.24. The second kappa shape index (κ2) is 8.57. The smallest absolute Gasteiger partial charge is 0.223 e. The van der Waals surface area contributed by atoms with Gasteiger partial charge in [-0.25, -0.2) is 0 Å². The van der Waals surface area contributed by atoms with E-state index in [0.29, 0.717) is 19.0 Å². The van der Waals surface area contributed by atoms with Gasteiger partial charge in [-0.3, -0.25) is 9.79 Å². The molecule has 0 bridgehead atoms. The number of benzene rings is 1. The van der Waals surface area contributed by atoms with Crippen LogP contribution in [-0.2, 0) is 4.79 Å². The molecule has 24 heavy (non-hydrogen) atoms. The van der Waals surface area contributed by atoms with Crippen LogP contribution in [0.1, 0.15) is 18.4 Å². The van der Waals surface area contributed by atoms with Crippen LogP contribution in [0.3, 0.4) is 0 Å². The second-order valence-corrected chi connectivity index (χ2v) is 6.45. The van der Waals surface area contributed by atoms with Crippen LogP contribution in [0.25, 0.3) is 0 Å². The normalized spacial score (nSPS) is 17.8. The molecular weight excluding hydrogens is 302 g/mol. The lowest BCUT2D eigenvalue weighted by Crippen LogP contribution is -2.45. The number of guanidine groups is 1. The van der Waals surface area contributed by atoms with Crippen molar-refractivity contribution in [3.63, 3.8) is 0 Å². The molecule has 0 saturated carbocycles. The topological polar surface area (TPSA) is 60.0 Å². The first kappa shape index (κ1) is 18.1. The average Bonchev–Trinajstić information content (AvgIpc) is 3.02. The van der Waals surface area contributed by atoms with Gasteiger partial charge in [-0.1, -0.05) is 17.7 Å². The van der Waals surface area contributed by atoms with E-state index in [2.05, 4.69) is 51.7 Å². The molecule has 1 aliphatic heterocycles. The molecule has 0 radical (unpaired) electrons. The molecule has 132 valence electrons. The Bertz CT molecular complexity index is 567. The molecule has 6 nitrogen and oxygen atoms in total. The lowest BCUT2D eigenvalue weighted by molar-refractivity contribution is -0.128. The minimum absolute atomic E-state index is 0.115. The summed E-state index contributed by atoms with van der Waals surface area (Å²) in [6.07, 6.45) is 1.54. The SMILES string of the molecule is CN=C(NCCC(=O)N(C)C)NC1CCN(c2ccc(C)cc2)C1. The van der Waals surface area contributed by atoms with E-state index in [1.807, 2.05) is 0 Å². The minimum Gasteiger partial charge on any atom is -0.369 e. The van der Waals surface area contributed by atoms with Gasteiger partial charge in [0.1, 0.15) is 0 Å². The molecule has 0 spiro atoms. The standard InChI is InChI=1S/C18H29N5O/c1-14-5-7-16(8-6-14)23-12-10-15(13-23)21-18(19-2)20-11-9-17(24)22(3)4/h5-8,15H,9-13H2,1-4H3,(H2,19,20,21). The zero-order valence-electron chi connectivity index (χ0n) is 15.2. The predicted molar refractivity (Wildman–Crippen MR) is 99.6 cm³/mol. The first-order valence-corrected chi connectivity index (χ1v) is 8.48. The lowest BCUT2D eigenvalue weighted by Gasteiger charge is -2.20. The van der Waals surface area contributed by atoms with Crippen molar-refractivity contribution in [2.75, 3.05) is 45.7 Å². The van der Waals surface area contributed by atoms with Crippen LogP contribution in [0.4, 0.5) is 5.69 Å². The number of rotatable bonds is 5. The Morgan fingerprint density at radius 2 is 2.04 bits per heavy atom. The van der Waals surface area contributed by atoms with Crippen LogP contribution in [0, 0.1) is 6.92 Å². The summed E-state index contributed by atoms with van der Waals surface area (Å²) in [4.78, 5) is 19.8. The number of aryl methyl sites for hydroxylation is 1. The van der Waals surface area contributed by atoms with Crippen molar-refractivity contribution in [3.05, 3.63) is 29.8 Å². The third-order valence-corrected chi connectivity index (χ3v) is 4.28. The van der Waals surface area contributed by atoms with Crippen LogP contribution in [-0.4, -0.2) is 63.6 Å². The summed E-state index contributed by atoms with van der Waals surface area (Å²) in [6.45, 7) is 4.69. The lowest BCUT2D eigenvalue weighted by atomic mass is 10.2. The van der Waals surface area contributed by atoms with E-state index in [4.69, 9.17) is 0 Å². The van der Waals surface area contributed by atoms with E-state index in [1.165, 1.54) is 11.3 Å². The number of carbonyl (C=O) groups is 1. The van der Waals surface area contributed by atoms with Gasteiger partial charge < -0.3 is 20.4 Å². The zero-order valence-corrected chi connectivity index (χ0v) is 15.2. The van der Waals surface area contributed by atoms with Gasteiger partial charge in [0.05, 0.1) is 0 Å². The van der Waals surface area contributed by atoms with Crippen LogP contribution >= 0.6 is 0 Å². The molecule has 6 heteroatoms. The quantitative estimate of drug-likeness (QED) is 0.629. The van der Waals surface area contributed by atoms with Crippen molar-refractivity contribution < 1.29 is 4.79 Å². The van der Waals surface area contributed by atoms with Crippen molar-refractivity contribution in [2.24, 2.45) is 4.99 Å². The Labute approximate surface area is 144 Å². The van der Waals surface area contributed by atoms with Gasteiger partial charge >= 0.3 is 0 Å². The molecule has 0 aromatic heterocycles. The molecule has 1 aromatic rings. The molecular formula is C18H29N5O. The van der Waals surface area contributed by atoms with Crippen molar-refractivity contribution in [1.82, 2.24) is 15.5 Å². The largest absolute Gasteiger partial charge is 0.369 e. The number of anilines is 1. The summed E-state index contributed by atoms with van der Waals surface area (Å²) in [5, 5.41) is 6.67. The first-order chi connectivity index (χ1) is 11.5. The third kappa shape index (κ3) is 5.15. The third-order valence-electron chi connectivity index (χ3n) is 4.28. The maximum atomic E-state index is 11.6. The summed E-state index contributed by atoms with van der Waals surface area (Å²) >= 11 is 0. The molecule has 1 aromatic carbocycles. The summed E-state index contributed by atoms with van der Waals surface area (Å²) in [5.74, 6) is 0.877. The second-order valence-electron chi connectivity index (χ2n) is 6.45. The van der Waals surface area contributed by atoms with Gasteiger partial charge in [0.25, 0.3) is 0 Å². The number of nitrogens with one attached hydrogen (secondary N) is 2. The highest BCUT2D eigenvalue weighted by Crippen LogP contribution is 2.20. The molecule has 1 heterocycles. The first-order valence-electron chi connectivity index (χ1n) is 8.48. The van der Waals surface area contributed by atoms with E-state index in [-0.39, 0.29) is 5.91 Å². The summed E-state index contributed by atoms with van der Waals surface area (Å²) in [7, 11) is 5.30. The highest BCUT2D eigenvalue weighted by Gasteiger charge is 2.23. The van der Waals surface area contributed by atoms with E-state index < -0.39 is 0 Å². The van der Waals surface area contributed by atoms with Crippen LogP contribution in [0.15, 0.2) is 29.3 Å². The van der Waals surface area contributed by atoms with E-state index in [1.54, 1.807) is 26.0 Å². The van der Waals surface area contributed by atoms with E-state index >= 15 is 0 Å². The summed E-state index contributed by atoms with van der Waals surface area (Å²) < 4.78 is 0. The van der Waals surface area contributed by atoms with Crippen molar-refractivity contribution in [1.29, 1.82) is 0 Å². The number of hydrogen-bond acceptors (Lipinski definition) is 3. The Balaban J connectivity index is 1.78. The molecule has 1 amide bonds. The number of carbonyl (C=O) groups excluding carboxylic acids is 1. The number of hydrogen-bond donors (Lipinski definition) is 2. The molecule has 1 saturated heterocycles. The van der Waals surface area contributed by atoms with Gasteiger partial charge in [0.15, 0.2) is 5.96 Å². The fraction of sp³-hybridized carbons (Fsp3) is 0.556. The number of aliphatic imine (C=N–C) groups is 1. The van der Waals surface area contributed by atoms with Crippen LogP contribution < -0.4 is 15.5 Å². The van der Waals surface area contributed by atoms with Gasteiger partial charge in [-0.05, 0) is 25.5 Å². The minimum atomic E-state index is 0.115. The highest BCUT2D eigenvalue weighted by atomic mass is 16.2. The van der Waals surface area contributed by atoms with Gasteiger partial charge in [0.2, 0.25) is 5.91 Å². The zero-order chi connectivity index (χ0) is 17.5. The summed E-state index contributed by atoms with van der Waals surface area (Å²) in [5.41, 5.74) is 2.55. The molecule has 2 rings (SSSR count). The van der Waals surface area contributed by atoms with Gasteiger partial charge in [-0.15, -0.1) is 0 Å². The highest BCUT2D eigenvalue weighted by molar-refractivity contribution is 5.81. The number of amides is 1. The summed E-state index contributed by atoms with van der Waals surface area (Å²) in [6, 6.07) is 9.02. The van der Waals surface area contributed by atoms with Crippen molar-refractivity contribution >= 4 is 17.6 Å². The van der Waals surface area contributed by atoms with Crippen LogP contribution in [0.5, 0.6) is 0 Å². The molecule has 1 atom stereocenters. The molecule has 1 fully saturated rings. The Kier molecular flexibility index (Phi) is 6.46. The van der Waals surface area contributed by atoms with Crippen LogP contribution in [0.2, 0.25) is 0 Å². The molecule has 2 N–H and O–H groups in total. The molecule has 1 unspecified atom stereocenters. The van der Waals surface area contributed by atoms with Crippen molar-refractivity contribution in [3.8, 4) is 0 Å². The van der Waals surface area contributed by atoms with E-state index in [9.17, 15) is 4.79 Å². The van der Waals surface area contributed by atoms with Crippen molar-refractivity contribution in [2.45, 2.75) is 25.8 Å². The number of nitrogens with zero attached hydrogens (tertiary/aromatic N) is 3. The molecule has 1 aliphatic rings. The maximum absolute atomic E-state index is 11.6. The maximum Gasteiger partial charge on any atom is 0.223 e. The Morgan fingerprint density at radius 1 is 1.33 bits per heavy atom. The van der Waals surface area contributed by atoms with Gasteiger partial charge in [0, 0.05) is 58.9 Å². The fourth-order valence-corrected chi connectivity index (χ4v) is 2.77. The predicted octanol–water partition coefficient (Wildman–Crippen LogP) is 1.22. The fourth-order valence-electron chi connectivity index (χ4n) is 2.77.